The second-order valence-electron chi connectivity index (χ2n) is 15.6. The summed E-state index contributed by atoms with van der Waals surface area (Å²) in [6.45, 7) is 0. The van der Waals surface area contributed by atoms with Crippen molar-refractivity contribution < 1.29 is 9.60 Å². The topological polar surface area (TPSA) is 9.86 Å². The first kappa shape index (κ1) is 29.1. The Kier molecular flexibility index (Phi) is 6.95. The molecule has 2 nitrogen and oxygen atoms in total. The Hall–Kier alpha value is -8.20. The fourth-order valence-corrected chi connectivity index (χ4v) is 9.05. The molecule has 0 saturated carbocycles. The Labute approximate surface area is 370 Å². The van der Waals surface area contributed by atoms with Crippen molar-refractivity contribution in [3.8, 4) is 67.0 Å². The van der Waals surface area contributed by atoms with Gasteiger partial charge in [-0.1, -0.05) is 176 Å². The minimum atomic E-state index is -0.429. The summed E-state index contributed by atoms with van der Waals surface area (Å²) in [6.07, 6.45) is 0. The minimum Gasteiger partial charge on any atom is -0.309 e. The van der Waals surface area contributed by atoms with Crippen LogP contribution in [-0.2, 0) is 0 Å². The highest BCUT2D eigenvalue weighted by molar-refractivity contribution is 6.17. The van der Waals surface area contributed by atoms with Gasteiger partial charge in [0.25, 0.3) is 0 Å². The van der Waals surface area contributed by atoms with E-state index in [-0.39, 0.29) is 57.6 Å². The number of hydrogen-bond donors (Lipinski definition) is 0. The third-order valence-electron chi connectivity index (χ3n) is 12.0. The molecule has 2 aromatic heterocycles. The van der Waals surface area contributed by atoms with E-state index in [0.717, 1.165) is 72.0 Å². The predicted octanol–water partition coefficient (Wildman–Crippen LogP) is 16.2. The average molecular weight is 796 g/mol. The molecule has 0 atom stereocenters. The number of para-hydroxylation sites is 1. The van der Waals surface area contributed by atoms with E-state index in [1.54, 1.807) is 4.57 Å². The van der Waals surface area contributed by atoms with Crippen LogP contribution in [0.4, 0.5) is 0 Å². The second-order valence-corrected chi connectivity index (χ2v) is 15.6. The molecule has 290 valence electrons. The molecule has 12 rings (SSSR count). The molecule has 0 amide bonds. The lowest BCUT2D eigenvalue weighted by Crippen LogP contribution is -1.94. The Balaban J connectivity index is 1.13. The molecule has 10 aromatic carbocycles. The van der Waals surface area contributed by atoms with Crippen molar-refractivity contribution in [1.29, 1.82) is 0 Å². The molecule has 2 heterocycles. The third-order valence-corrected chi connectivity index (χ3v) is 12.0. The van der Waals surface area contributed by atoms with Crippen molar-refractivity contribution in [1.82, 2.24) is 9.13 Å². The Morgan fingerprint density at radius 1 is 0.290 bits per heavy atom. The molecule has 0 radical (unpaired) electrons. The summed E-state index contributed by atoms with van der Waals surface area (Å²) in [6, 6.07) is 65.5. The predicted molar refractivity (Wildman–Crippen MR) is 262 cm³/mol. The molecule has 0 spiro atoms. The fraction of sp³-hybridized carbons (Fsp3) is 0. The number of rotatable bonds is 7. The van der Waals surface area contributed by atoms with E-state index in [4.69, 9.17) is 2.74 Å². The molecular formula is C60H40N2. The van der Waals surface area contributed by atoms with Gasteiger partial charge in [-0.05, 0) is 122 Å². The van der Waals surface area contributed by atoms with Crippen molar-refractivity contribution >= 4 is 43.6 Å². The average Bonchev–Trinajstić information content (AvgIpc) is 3.94. The smallest absolute Gasteiger partial charge is 0.0645 e. The van der Waals surface area contributed by atoms with Crippen LogP contribution in [0.15, 0.2) is 242 Å². The van der Waals surface area contributed by atoms with Crippen LogP contribution in [0.25, 0.3) is 111 Å². The molecule has 0 aliphatic rings. The number of fused-ring (bicyclic) bond motifs is 6. The Bertz CT molecular complexity index is 4010. The van der Waals surface area contributed by atoms with Gasteiger partial charge in [-0.25, -0.2) is 0 Å². The van der Waals surface area contributed by atoms with Gasteiger partial charge < -0.3 is 9.13 Å². The van der Waals surface area contributed by atoms with Crippen LogP contribution in [0.1, 0.15) is 9.60 Å². The summed E-state index contributed by atoms with van der Waals surface area (Å²) in [4.78, 5) is 0. The number of nitrogens with zero attached hydrogens (tertiary/aromatic N) is 2. The van der Waals surface area contributed by atoms with Crippen molar-refractivity contribution in [2.45, 2.75) is 0 Å². The maximum atomic E-state index is 10.0. The highest BCUT2D eigenvalue weighted by Crippen LogP contribution is 2.42. The molecule has 0 N–H and O–H groups in total. The molecule has 62 heavy (non-hydrogen) atoms. The van der Waals surface area contributed by atoms with Gasteiger partial charge in [-0.2, -0.15) is 0 Å². The monoisotopic (exact) mass is 795 g/mol. The first-order chi connectivity index (χ1) is 33.7. The van der Waals surface area contributed by atoms with Crippen molar-refractivity contribution in [3.05, 3.63) is 242 Å². The van der Waals surface area contributed by atoms with Crippen LogP contribution >= 0.6 is 0 Å². The van der Waals surface area contributed by atoms with E-state index in [1.807, 2.05) is 109 Å². The minimum absolute atomic E-state index is 0.0885. The van der Waals surface area contributed by atoms with Gasteiger partial charge >= 0.3 is 0 Å². The molecule has 12 aromatic rings. The second kappa shape index (κ2) is 14.8. The lowest BCUT2D eigenvalue weighted by atomic mass is 9.95. The molecule has 0 aliphatic carbocycles. The molecular weight excluding hydrogens is 749 g/mol. The number of benzene rings is 10. The highest BCUT2D eigenvalue weighted by Gasteiger charge is 2.19. The Morgan fingerprint density at radius 3 is 1.58 bits per heavy atom. The van der Waals surface area contributed by atoms with Gasteiger partial charge in [-0.3, -0.25) is 0 Å². The molecule has 0 unspecified atom stereocenters. The summed E-state index contributed by atoms with van der Waals surface area (Å²) < 4.78 is 69.5. The molecule has 0 saturated heterocycles. The van der Waals surface area contributed by atoms with Gasteiger partial charge in [-0.15, -0.1) is 0 Å². The number of hydrogen-bond acceptors (Lipinski definition) is 0. The van der Waals surface area contributed by atoms with E-state index in [9.17, 15) is 6.85 Å². The first-order valence-corrected chi connectivity index (χ1v) is 20.8. The van der Waals surface area contributed by atoms with Crippen LogP contribution in [0.3, 0.4) is 0 Å². The summed E-state index contributed by atoms with van der Waals surface area (Å²) in [5, 5.41) is 2.21. The van der Waals surface area contributed by atoms with Crippen LogP contribution < -0.4 is 0 Å². The largest absolute Gasteiger partial charge is 0.309 e. The van der Waals surface area contributed by atoms with Gasteiger partial charge in [0.2, 0.25) is 0 Å². The van der Waals surface area contributed by atoms with Gasteiger partial charge in [0, 0.05) is 32.9 Å². The maximum Gasteiger partial charge on any atom is 0.0645 e. The van der Waals surface area contributed by atoms with E-state index >= 15 is 0 Å². The zero-order valence-corrected chi connectivity index (χ0v) is 33.4. The molecule has 2 heteroatoms. The summed E-state index contributed by atoms with van der Waals surface area (Å²) >= 11 is 0. The highest BCUT2D eigenvalue weighted by atomic mass is 15.0. The molecule has 0 bridgehead atoms. The zero-order chi connectivity index (χ0) is 47.1. The zero-order valence-electron chi connectivity index (χ0n) is 40.4. The third kappa shape index (κ3) is 6.04. The fourth-order valence-electron chi connectivity index (χ4n) is 9.05. The molecule has 0 fully saturated rings. The van der Waals surface area contributed by atoms with Crippen LogP contribution in [0.2, 0.25) is 0 Å². The lowest BCUT2D eigenvalue weighted by molar-refractivity contribution is 1.18. The van der Waals surface area contributed by atoms with Crippen LogP contribution in [-0.4, -0.2) is 9.13 Å². The van der Waals surface area contributed by atoms with Crippen molar-refractivity contribution in [3.63, 3.8) is 0 Å². The van der Waals surface area contributed by atoms with Crippen LogP contribution in [0, 0.1) is 0 Å². The molecule has 0 aliphatic heterocycles. The van der Waals surface area contributed by atoms with E-state index < -0.39 is 12.1 Å². The summed E-state index contributed by atoms with van der Waals surface area (Å²) in [5.41, 5.74) is 12.8. The SMILES string of the molecule is [2H]c1c([2H])c([2H])c2c(c1[2H])c1c([2H])c(-c3ccc4c(c3)c3c(-c5cccc(-c6ccccc6)c5)cccc3n4-c3ccc(-c4ccccc4)cc3)c([2H])c([2H])c1n2-c1cccc(-c2ccccc2)c1. The van der Waals surface area contributed by atoms with Crippen LogP contribution in [0.5, 0.6) is 0 Å². The van der Waals surface area contributed by atoms with E-state index in [2.05, 4.69) is 95.6 Å². The van der Waals surface area contributed by atoms with Gasteiger partial charge in [0.15, 0.2) is 0 Å². The summed E-state index contributed by atoms with van der Waals surface area (Å²) in [5.74, 6) is 0. The maximum absolute atomic E-state index is 10.0. The number of aromatic nitrogens is 2. The summed E-state index contributed by atoms with van der Waals surface area (Å²) in [7, 11) is 0. The van der Waals surface area contributed by atoms with Crippen molar-refractivity contribution in [2.75, 3.05) is 0 Å². The first-order valence-electron chi connectivity index (χ1n) is 24.3. The quantitative estimate of drug-likeness (QED) is 0.152. The van der Waals surface area contributed by atoms with E-state index in [0.29, 0.717) is 11.3 Å². The van der Waals surface area contributed by atoms with E-state index in [1.165, 1.54) is 0 Å². The Morgan fingerprint density at radius 2 is 0.839 bits per heavy atom. The van der Waals surface area contributed by atoms with Crippen molar-refractivity contribution in [2.24, 2.45) is 0 Å². The normalized spacial score (nSPS) is 13.1. The van der Waals surface area contributed by atoms with Gasteiger partial charge in [0.1, 0.15) is 0 Å². The van der Waals surface area contributed by atoms with Gasteiger partial charge in [0.05, 0.1) is 31.7 Å². The standard InChI is InChI=1S/C60H40N2/c1-4-15-41(16-5-1)44-29-33-50(34-30-44)61-58-36-32-48(40-55(58)60-52(26-14-28-59(60)61)49-23-12-21-45(37-49)42-17-6-2-7-18-42)47-31-35-57-54(39-47)53-25-10-11-27-56(53)62(57)51-24-13-22-46(38-51)43-19-8-3-9-20-43/h1-40H/i10D,11D,25D,27D,31D,35D,39D. The lowest BCUT2D eigenvalue weighted by Gasteiger charge is -2.11.